The van der Waals surface area contributed by atoms with E-state index in [2.05, 4.69) is 15.3 Å². The molecule has 2 aromatic rings. The number of amides is 1. The lowest BCUT2D eigenvalue weighted by Gasteiger charge is -2.16. The standard InChI is InChI=1S/C14H16ClN3O4S/c1-2-21-14(20)10(5-9-6-16-8-17-9)18-12(19)7-22-11-3-4-23-13(11)15/h3-4,6,8,10H,2,5,7H2,1H3,(H,16,17)(H,18,19)/t10-/m0/s1. The average molecular weight is 358 g/mol. The summed E-state index contributed by atoms with van der Waals surface area (Å²) < 4.78 is 10.8. The summed E-state index contributed by atoms with van der Waals surface area (Å²) in [6, 6.07) is 0.859. The molecule has 2 heterocycles. The van der Waals surface area contributed by atoms with Crippen molar-refractivity contribution >= 4 is 34.8 Å². The predicted molar refractivity (Wildman–Crippen MR) is 85.7 cm³/mol. The number of aromatic amines is 1. The minimum Gasteiger partial charge on any atom is -0.481 e. The smallest absolute Gasteiger partial charge is 0.329 e. The van der Waals surface area contributed by atoms with Gasteiger partial charge in [-0.15, -0.1) is 11.3 Å². The number of ether oxygens (including phenoxy) is 2. The van der Waals surface area contributed by atoms with Crippen LogP contribution in [-0.4, -0.2) is 41.1 Å². The molecule has 7 nitrogen and oxygen atoms in total. The van der Waals surface area contributed by atoms with Crippen LogP contribution in [0, 0.1) is 0 Å². The first-order valence-electron chi connectivity index (χ1n) is 6.89. The number of nitrogens with zero attached hydrogens (tertiary/aromatic N) is 1. The molecule has 0 saturated heterocycles. The second kappa shape index (κ2) is 8.54. The van der Waals surface area contributed by atoms with E-state index in [0.717, 1.165) is 0 Å². The van der Waals surface area contributed by atoms with Gasteiger partial charge in [0.25, 0.3) is 5.91 Å². The summed E-state index contributed by atoms with van der Waals surface area (Å²) in [6.45, 7) is 1.69. The Hall–Kier alpha value is -2.06. The van der Waals surface area contributed by atoms with E-state index in [1.165, 1.54) is 17.7 Å². The van der Waals surface area contributed by atoms with E-state index in [1.807, 2.05) is 0 Å². The van der Waals surface area contributed by atoms with E-state index in [-0.39, 0.29) is 19.6 Å². The maximum atomic E-state index is 12.0. The van der Waals surface area contributed by atoms with Crippen molar-refractivity contribution in [2.24, 2.45) is 0 Å². The fourth-order valence-corrected chi connectivity index (χ4v) is 2.64. The third-order valence-electron chi connectivity index (χ3n) is 2.83. The number of thiophene rings is 1. The Labute approximate surface area is 142 Å². The van der Waals surface area contributed by atoms with Crippen molar-refractivity contribution in [3.05, 3.63) is 34.0 Å². The number of H-pyrrole nitrogens is 1. The minimum absolute atomic E-state index is 0.231. The van der Waals surface area contributed by atoms with Crippen molar-refractivity contribution in [3.8, 4) is 5.75 Å². The van der Waals surface area contributed by atoms with Crippen molar-refractivity contribution in [2.45, 2.75) is 19.4 Å². The fraction of sp³-hybridized carbons (Fsp3) is 0.357. The van der Waals surface area contributed by atoms with Crippen LogP contribution in [-0.2, 0) is 20.7 Å². The van der Waals surface area contributed by atoms with E-state index >= 15 is 0 Å². The second-order valence-corrected chi connectivity index (χ2v) is 6.02. The SMILES string of the molecule is CCOC(=O)[C@H](Cc1cnc[nH]1)NC(=O)COc1ccsc1Cl. The van der Waals surface area contributed by atoms with Crippen molar-refractivity contribution in [3.63, 3.8) is 0 Å². The minimum atomic E-state index is -0.815. The normalized spacial score (nSPS) is 11.7. The third-order valence-corrected chi connectivity index (χ3v) is 3.96. The number of esters is 1. The number of hydrogen-bond donors (Lipinski definition) is 2. The monoisotopic (exact) mass is 357 g/mol. The number of carbonyl (C=O) groups is 2. The quantitative estimate of drug-likeness (QED) is 0.702. The third kappa shape index (κ3) is 5.26. The van der Waals surface area contributed by atoms with E-state index < -0.39 is 17.9 Å². The molecule has 124 valence electrons. The Balaban J connectivity index is 1.91. The molecule has 0 radical (unpaired) electrons. The molecule has 2 N–H and O–H groups in total. The predicted octanol–water partition coefficient (Wildman–Crippen LogP) is 1.79. The average Bonchev–Trinajstić information content (AvgIpc) is 3.16. The molecule has 9 heteroatoms. The van der Waals surface area contributed by atoms with Crippen LogP contribution >= 0.6 is 22.9 Å². The van der Waals surface area contributed by atoms with Gasteiger partial charge >= 0.3 is 5.97 Å². The highest BCUT2D eigenvalue weighted by Gasteiger charge is 2.23. The molecule has 2 aromatic heterocycles. The van der Waals surface area contributed by atoms with Gasteiger partial charge in [0, 0.05) is 18.3 Å². The lowest BCUT2D eigenvalue weighted by Crippen LogP contribution is -2.45. The number of hydrogen-bond acceptors (Lipinski definition) is 6. The van der Waals surface area contributed by atoms with Crippen LogP contribution in [0.5, 0.6) is 5.75 Å². The second-order valence-electron chi connectivity index (χ2n) is 4.50. The Morgan fingerprint density at radius 2 is 2.35 bits per heavy atom. The van der Waals surface area contributed by atoms with Crippen molar-refractivity contribution in [1.82, 2.24) is 15.3 Å². The summed E-state index contributed by atoms with van der Waals surface area (Å²) in [5, 5.41) is 4.35. The molecule has 1 atom stereocenters. The number of imidazole rings is 1. The van der Waals surface area contributed by atoms with Crippen LogP contribution in [0.1, 0.15) is 12.6 Å². The molecule has 0 bridgehead atoms. The molecule has 0 saturated carbocycles. The van der Waals surface area contributed by atoms with Gasteiger partial charge in [0.05, 0.1) is 12.9 Å². The highest BCUT2D eigenvalue weighted by Crippen LogP contribution is 2.29. The molecular formula is C14H16ClN3O4S. The van der Waals surface area contributed by atoms with E-state index in [9.17, 15) is 9.59 Å². The molecule has 0 aliphatic rings. The van der Waals surface area contributed by atoms with E-state index in [0.29, 0.717) is 15.8 Å². The zero-order valence-electron chi connectivity index (χ0n) is 12.4. The Morgan fingerprint density at radius 3 is 2.96 bits per heavy atom. The molecule has 23 heavy (non-hydrogen) atoms. The molecule has 0 fully saturated rings. The van der Waals surface area contributed by atoms with Crippen LogP contribution < -0.4 is 10.1 Å². The van der Waals surface area contributed by atoms with Gasteiger partial charge in [-0.3, -0.25) is 4.79 Å². The van der Waals surface area contributed by atoms with E-state index in [4.69, 9.17) is 21.1 Å². The first-order chi connectivity index (χ1) is 11.1. The number of halogens is 1. The van der Waals surface area contributed by atoms with Crippen molar-refractivity contribution in [1.29, 1.82) is 0 Å². The van der Waals surface area contributed by atoms with Crippen LogP contribution in [0.3, 0.4) is 0 Å². The fourth-order valence-electron chi connectivity index (χ4n) is 1.82. The molecule has 0 aliphatic heterocycles. The maximum absolute atomic E-state index is 12.0. The molecule has 0 aliphatic carbocycles. The van der Waals surface area contributed by atoms with Crippen molar-refractivity contribution in [2.75, 3.05) is 13.2 Å². The molecule has 1 amide bonds. The zero-order chi connectivity index (χ0) is 16.7. The van der Waals surface area contributed by atoms with Gasteiger partial charge in [-0.2, -0.15) is 0 Å². The molecular weight excluding hydrogens is 342 g/mol. The molecule has 2 rings (SSSR count). The van der Waals surface area contributed by atoms with Crippen LogP contribution in [0.15, 0.2) is 24.0 Å². The lowest BCUT2D eigenvalue weighted by molar-refractivity contribution is -0.147. The highest BCUT2D eigenvalue weighted by molar-refractivity contribution is 7.14. The largest absolute Gasteiger partial charge is 0.481 e. The topological polar surface area (TPSA) is 93.3 Å². The Kier molecular flexibility index (Phi) is 6.42. The molecule has 0 unspecified atom stereocenters. The Morgan fingerprint density at radius 1 is 1.52 bits per heavy atom. The summed E-state index contributed by atoms with van der Waals surface area (Å²) in [4.78, 5) is 30.7. The van der Waals surface area contributed by atoms with Gasteiger partial charge in [0.2, 0.25) is 0 Å². The van der Waals surface area contributed by atoms with Crippen molar-refractivity contribution < 1.29 is 19.1 Å². The van der Waals surface area contributed by atoms with Gasteiger partial charge in [-0.25, -0.2) is 9.78 Å². The Bertz CT molecular complexity index is 644. The summed E-state index contributed by atoms with van der Waals surface area (Å²) in [5.74, 6) is -0.512. The van der Waals surface area contributed by atoms with Crippen LogP contribution in [0.2, 0.25) is 4.34 Å². The number of nitrogens with one attached hydrogen (secondary N) is 2. The van der Waals surface area contributed by atoms with Crippen LogP contribution in [0.25, 0.3) is 0 Å². The first kappa shape index (κ1) is 17.3. The lowest BCUT2D eigenvalue weighted by atomic mass is 10.1. The van der Waals surface area contributed by atoms with Gasteiger partial charge in [0.15, 0.2) is 6.61 Å². The molecule has 0 aromatic carbocycles. The maximum Gasteiger partial charge on any atom is 0.329 e. The van der Waals surface area contributed by atoms with Gasteiger partial charge in [0.1, 0.15) is 16.1 Å². The summed E-state index contributed by atoms with van der Waals surface area (Å²) in [5.41, 5.74) is 0.713. The zero-order valence-corrected chi connectivity index (χ0v) is 13.9. The highest BCUT2D eigenvalue weighted by atomic mass is 35.5. The van der Waals surface area contributed by atoms with Crippen LogP contribution in [0.4, 0.5) is 0 Å². The van der Waals surface area contributed by atoms with Gasteiger partial charge in [-0.1, -0.05) is 11.6 Å². The molecule has 0 spiro atoms. The number of aromatic nitrogens is 2. The first-order valence-corrected chi connectivity index (χ1v) is 8.15. The van der Waals surface area contributed by atoms with E-state index in [1.54, 1.807) is 24.6 Å². The van der Waals surface area contributed by atoms with Gasteiger partial charge < -0.3 is 19.8 Å². The summed E-state index contributed by atoms with van der Waals surface area (Å²) in [7, 11) is 0. The number of carbonyl (C=O) groups excluding carboxylic acids is 2. The van der Waals surface area contributed by atoms with Gasteiger partial charge in [-0.05, 0) is 18.4 Å². The summed E-state index contributed by atoms with van der Waals surface area (Å²) >= 11 is 7.20. The number of rotatable bonds is 8. The summed E-state index contributed by atoms with van der Waals surface area (Å²) in [6.07, 6.45) is 3.34.